The Morgan fingerprint density at radius 2 is 1.94 bits per heavy atom. The van der Waals surface area contributed by atoms with Gasteiger partial charge in [0, 0.05) is 11.3 Å². The Labute approximate surface area is 112 Å². The topological polar surface area (TPSA) is 18.5 Å². The smallest absolute Gasteiger partial charge is 0.160 e. The summed E-state index contributed by atoms with van der Waals surface area (Å²) < 4.78 is 12.1. The van der Waals surface area contributed by atoms with Crippen LogP contribution in [-0.4, -0.2) is 19.5 Å². The Morgan fingerprint density at radius 1 is 1.17 bits per heavy atom. The van der Waals surface area contributed by atoms with Crippen LogP contribution < -0.4 is 0 Å². The van der Waals surface area contributed by atoms with Crippen molar-refractivity contribution in [3.63, 3.8) is 0 Å². The fourth-order valence-electron chi connectivity index (χ4n) is 3.02. The lowest BCUT2D eigenvalue weighted by Gasteiger charge is -2.42. The normalized spacial score (nSPS) is 36.8. The Kier molecular flexibility index (Phi) is 5.25. The minimum absolute atomic E-state index is 0.0521. The lowest BCUT2D eigenvalue weighted by molar-refractivity contribution is -0.253. The summed E-state index contributed by atoms with van der Waals surface area (Å²) in [6, 6.07) is 0. The lowest BCUT2D eigenvalue weighted by atomic mass is 9.81. The minimum Gasteiger partial charge on any atom is -0.352 e. The number of hydrogen-bond donors (Lipinski definition) is 0. The van der Waals surface area contributed by atoms with Crippen LogP contribution in [0.25, 0.3) is 0 Å². The number of hydrogen-bond acceptors (Lipinski definition) is 2. The summed E-state index contributed by atoms with van der Waals surface area (Å²) in [4.78, 5) is 0. The molecule has 0 unspecified atom stereocenters. The van der Waals surface area contributed by atoms with E-state index in [4.69, 9.17) is 9.47 Å². The van der Waals surface area contributed by atoms with Crippen LogP contribution in [0.3, 0.4) is 0 Å². The van der Waals surface area contributed by atoms with E-state index in [0.717, 1.165) is 19.6 Å². The van der Waals surface area contributed by atoms with Crippen molar-refractivity contribution in [3.8, 4) is 0 Å². The molecule has 1 aliphatic carbocycles. The predicted molar refractivity (Wildman–Crippen MR) is 74.4 cm³/mol. The fourth-order valence-corrected chi connectivity index (χ4v) is 3.02. The molecule has 0 N–H and O–H groups in total. The van der Waals surface area contributed by atoms with Crippen molar-refractivity contribution in [2.75, 3.05) is 13.2 Å². The van der Waals surface area contributed by atoms with Crippen molar-refractivity contribution in [1.82, 2.24) is 0 Å². The van der Waals surface area contributed by atoms with E-state index in [1.165, 1.54) is 38.5 Å². The maximum Gasteiger partial charge on any atom is 0.160 e. The van der Waals surface area contributed by atoms with Gasteiger partial charge < -0.3 is 9.47 Å². The Balaban J connectivity index is 1.83. The Morgan fingerprint density at radius 3 is 2.50 bits per heavy atom. The Hall–Kier alpha value is -0.340. The molecule has 0 aromatic rings. The molecular weight excluding hydrogens is 224 g/mol. The van der Waals surface area contributed by atoms with E-state index in [-0.39, 0.29) is 11.7 Å². The molecule has 0 aromatic carbocycles. The zero-order valence-electron chi connectivity index (χ0n) is 12.0. The summed E-state index contributed by atoms with van der Waals surface area (Å²) in [5.74, 6) is 0.580. The first-order chi connectivity index (χ1) is 8.79. The third kappa shape index (κ3) is 3.36. The summed E-state index contributed by atoms with van der Waals surface area (Å²) in [6.07, 6.45) is 13.1. The van der Waals surface area contributed by atoms with E-state index in [1.54, 1.807) is 0 Å². The fraction of sp³-hybridized carbons (Fsp3) is 0.875. The minimum atomic E-state index is 0.0521. The monoisotopic (exact) mass is 252 g/mol. The van der Waals surface area contributed by atoms with Gasteiger partial charge in [-0.25, -0.2) is 0 Å². The van der Waals surface area contributed by atoms with Crippen LogP contribution in [0, 0.1) is 11.3 Å². The van der Waals surface area contributed by atoms with E-state index >= 15 is 0 Å². The van der Waals surface area contributed by atoms with Crippen molar-refractivity contribution >= 4 is 0 Å². The molecule has 18 heavy (non-hydrogen) atoms. The van der Waals surface area contributed by atoms with Gasteiger partial charge in [-0.2, -0.15) is 0 Å². The molecule has 104 valence electrons. The maximum absolute atomic E-state index is 6.07. The van der Waals surface area contributed by atoms with Crippen LogP contribution in [0.2, 0.25) is 0 Å². The highest BCUT2D eigenvalue weighted by Gasteiger charge is 2.37. The maximum atomic E-state index is 6.07. The van der Waals surface area contributed by atoms with Crippen molar-refractivity contribution in [2.24, 2.45) is 11.3 Å². The summed E-state index contributed by atoms with van der Waals surface area (Å²) in [7, 11) is 0. The first-order valence-corrected chi connectivity index (χ1v) is 7.68. The van der Waals surface area contributed by atoms with Crippen LogP contribution in [0.15, 0.2) is 12.2 Å². The SMILES string of the molecule is CCCCC1(CC)COC([C@@H]2CC=CCC2)OC1. The van der Waals surface area contributed by atoms with Crippen LogP contribution in [0.1, 0.15) is 58.8 Å². The van der Waals surface area contributed by atoms with Crippen LogP contribution >= 0.6 is 0 Å². The van der Waals surface area contributed by atoms with E-state index < -0.39 is 0 Å². The van der Waals surface area contributed by atoms with Crippen LogP contribution in [-0.2, 0) is 9.47 Å². The van der Waals surface area contributed by atoms with Gasteiger partial charge in [0.15, 0.2) is 6.29 Å². The zero-order chi connectivity index (χ0) is 12.8. The molecule has 1 fully saturated rings. The zero-order valence-corrected chi connectivity index (χ0v) is 12.0. The first kappa shape index (κ1) is 14.1. The van der Waals surface area contributed by atoms with Gasteiger partial charge in [-0.05, 0) is 32.1 Å². The molecule has 1 aliphatic heterocycles. The average molecular weight is 252 g/mol. The highest BCUT2D eigenvalue weighted by atomic mass is 16.7. The number of allylic oxidation sites excluding steroid dienone is 2. The van der Waals surface area contributed by atoms with Gasteiger partial charge >= 0.3 is 0 Å². The van der Waals surface area contributed by atoms with Crippen LogP contribution in [0.5, 0.6) is 0 Å². The van der Waals surface area contributed by atoms with Crippen molar-refractivity contribution in [1.29, 1.82) is 0 Å². The molecule has 1 atom stereocenters. The second-order valence-electron chi connectivity index (χ2n) is 5.99. The second kappa shape index (κ2) is 6.72. The largest absolute Gasteiger partial charge is 0.352 e. The predicted octanol–water partition coefficient (Wildman–Crippen LogP) is 4.30. The average Bonchev–Trinajstić information content (AvgIpc) is 2.47. The van der Waals surface area contributed by atoms with Gasteiger partial charge in [0.05, 0.1) is 13.2 Å². The van der Waals surface area contributed by atoms with Gasteiger partial charge in [-0.1, -0.05) is 38.8 Å². The molecule has 2 rings (SSSR count). The highest BCUT2D eigenvalue weighted by Crippen LogP contribution is 2.37. The number of ether oxygens (including phenoxy) is 2. The molecule has 0 saturated carbocycles. The molecule has 0 radical (unpaired) electrons. The standard InChI is InChI=1S/C16H28O2/c1-3-5-11-16(4-2)12-17-15(18-13-16)14-9-7-6-8-10-14/h6-7,14-15H,3-5,8-13H2,1-2H3/t14-,15?,16?/m1/s1. The summed E-state index contributed by atoms with van der Waals surface area (Å²) >= 11 is 0. The molecule has 2 aliphatic rings. The van der Waals surface area contributed by atoms with Crippen molar-refractivity contribution < 1.29 is 9.47 Å². The van der Waals surface area contributed by atoms with E-state index in [0.29, 0.717) is 5.92 Å². The number of unbranched alkanes of at least 4 members (excludes halogenated alkanes) is 1. The molecule has 2 heteroatoms. The summed E-state index contributed by atoms with van der Waals surface area (Å²) in [6.45, 7) is 6.32. The van der Waals surface area contributed by atoms with Gasteiger partial charge in [0.25, 0.3) is 0 Å². The van der Waals surface area contributed by atoms with Gasteiger partial charge in [0.1, 0.15) is 0 Å². The third-order valence-corrected chi connectivity index (χ3v) is 4.61. The molecule has 2 nitrogen and oxygen atoms in total. The van der Waals surface area contributed by atoms with Gasteiger partial charge in [-0.3, -0.25) is 0 Å². The quantitative estimate of drug-likeness (QED) is 0.679. The highest BCUT2D eigenvalue weighted by molar-refractivity contribution is 4.92. The first-order valence-electron chi connectivity index (χ1n) is 7.68. The van der Waals surface area contributed by atoms with Gasteiger partial charge in [-0.15, -0.1) is 0 Å². The molecule has 0 amide bonds. The molecule has 0 bridgehead atoms. The van der Waals surface area contributed by atoms with E-state index in [2.05, 4.69) is 26.0 Å². The second-order valence-corrected chi connectivity index (χ2v) is 5.99. The number of rotatable bonds is 5. The van der Waals surface area contributed by atoms with Crippen molar-refractivity contribution in [2.45, 2.75) is 65.1 Å². The Bertz CT molecular complexity index is 264. The van der Waals surface area contributed by atoms with Crippen LogP contribution in [0.4, 0.5) is 0 Å². The summed E-state index contributed by atoms with van der Waals surface area (Å²) in [5, 5.41) is 0. The van der Waals surface area contributed by atoms with Gasteiger partial charge in [0.2, 0.25) is 0 Å². The van der Waals surface area contributed by atoms with E-state index in [1.807, 2.05) is 0 Å². The molecule has 1 heterocycles. The summed E-state index contributed by atoms with van der Waals surface area (Å²) in [5.41, 5.74) is 0.289. The van der Waals surface area contributed by atoms with Crippen molar-refractivity contribution in [3.05, 3.63) is 12.2 Å². The lowest BCUT2D eigenvalue weighted by Crippen LogP contribution is -2.44. The molecule has 1 saturated heterocycles. The molecule has 0 spiro atoms. The third-order valence-electron chi connectivity index (χ3n) is 4.61. The molecule has 0 aromatic heterocycles. The molecular formula is C16H28O2. The van der Waals surface area contributed by atoms with E-state index in [9.17, 15) is 0 Å².